The first kappa shape index (κ1) is 22.3. The molecule has 2 N–H and O–H groups in total. The molecule has 2 aliphatic heterocycles. The number of aromatic nitrogens is 2. The third-order valence-electron chi connectivity index (χ3n) is 5.99. The Balaban J connectivity index is 1.56. The first-order chi connectivity index (χ1) is 14.5. The fraction of sp³-hybridized carbons (Fsp3) is 0.550. The van der Waals surface area contributed by atoms with Gasteiger partial charge >= 0.3 is 0 Å². The highest BCUT2D eigenvalue weighted by molar-refractivity contribution is 7.89. The van der Waals surface area contributed by atoms with Crippen LogP contribution in [-0.4, -0.2) is 65.0 Å². The topological polar surface area (TPSA) is 84.5 Å². The Hall–Kier alpha value is -1.95. The van der Waals surface area contributed by atoms with E-state index in [1.54, 1.807) is 4.90 Å². The van der Waals surface area contributed by atoms with Crippen molar-refractivity contribution in [2.75, 3.05) is 19.3 Å². The zero-order valence-electron chi connectivity index (χ0n) is 17.4. The minimum atomic E-state index is -3.45. The summed E-state index contributed by atoms with van der Waals surface area (Å²) in [5, 5.41) is 4.17. The summed E-state index contributed by atoms with van der Waals surface area (Å²) in [7, 11) is -3.45. The quantitative estimate of drug-likeness (QED) is 0.737. The Labute approximate surface area is 179 Å². The van der Waals surface area contributed by atoms with Gasteiger partial charge < -0.3 is 5.73 Å². The lowest BCUT2D eigenvalue weighted by Gasteiger charge is -2.46. The van der Waals surface area contributed by atoms with Crippen LogP contribution in [-0.2, 0) is 23.1 Å². The Morgan fingerprint density at radius 2 is 2.03 bits per heavy atom. The summed E-state index contributed by atoms with van der Waals surface area (Å²) >= 11 is 0. The smallest absolute Gasteiger partial charge is 0.250 e. The second-order valence-electron chi connectivity index (χ2n) is 8.54. The Morgan fingerprint density at radius 1 is 1.29 bits per heavy atom. The molecule has 170 valence electrons. The van der Waals surface area contributed by atoms with Crippen LogP contribution < -0.4 is 5.73 Å². The van der Waals surface area contributed by atoms with Gasteiger partial charge in [-0.25, -0.2) is 21.6 Å². The van der Waals surface area contributed by atoms with Gasteiger partial charge in [0.15, 0.2) is 0 Å². The maximum absolute atomic E-state index is 14.5. The number of fused-ring (bicyclic) bond motifs is 1. The molecule has 0 spiro atoms. The van der Waals surface area contributed by atoms with Gasteiger partial charge in [-0.3, -0.25) is 9.80 Å². The van der Waals surface area contributed by atoms with E-state index < -0.39 is 39.9 Å². The third-order valence-corrected chi connectivity index (χ3v) is 6.86. The molecule has 0 radical (unpaired) electrons. The Morgan fingerprint density at radius 3 is 2.68 bits per heavy atom. The first-order valence-corrected chi connectivity index (χ1v) is 12.0. The summed E-state index contributed by atoms with van der Waals surface area (Å²) in [6.45, 7) is 2.85. The van der Waals surface area contributed by atoms with E-state index in [0.29, 0.717) is 31.7 Å². The highest BCUT2D eigenvalue weighted by Gasteiger charge is 2.41. The summed E-state index contributed by atoms with van der Waals surface area (Å²) in [4.78, 5) is 3.91. The second-order valence-corrected chi connectivity index (χ2v) is 10.4. The molecule has 1 fully saturated rings. The van der Waals surface area contributed by atoms with Crippen LogP contribution in [0.3, 0.4) is 0 Å². The van der Waals surface area contributed by atoms with E-state index in [0.717, 1.165) is 34.1 Å². The van der Waals surface area contributed by atoms with E-state index in [1.807, 2.05) is 0 Å². The average molecular weight is 458 g/mol. The number of piperidine rings is 1. The summed E-state index contributed by atoms with van der Waals surface area (Å²) in [5.41, 5.74) is 8.08. The molecule has 7 nitrogen and oxygen atoms in total. The van der Waals surface area contributed by atoms with E-state index in [-0.39, 0.29) is 18.2 Å². The zero-order chi connectivity index (χ0) is 22.5. The molecule has 1 aromatic heterocycles. The molecule has 1 unspecified atom stereocenters. The van der Waals surface area contributed by atoms with E-state index >= 15 is 0 Å². The summed E-state index contributed by atoms with van der Waals surface area (Å²) in [6, 6.07) is 2.04. The number of nitrogens with zero attached hydrogens (tertiary/aromatic N) is 4. The van der Waals surface area contributed by atoms with Crippen LogP contribution in [0.1, 0.15) is 36.2 Å². The van der Waals surface area contributed by atoms with Gasteiger partial charge in [0.2, 0.25) is 0 Å². The molecular weight excluding hydrogens is 431 g/mol. The fourth-order valence-electron chi connectivity index (χ4n) is 4.70. The average Bonchev–Trinajstić information content (AvgIpc) is 3.22. The summed E-state index contributed by atoms with van der Waals surface area (Å²) < 4.78 is 66.7. The number of nitrogens with two attached hydrogens (primary N) is 1. The molecule has 0 saturated carbocycles. The first-order valence-electron chi connectivity index (χ1n) is 10.1. The van der Waals surface area contributed by atoms with E-state index in [4.69, 9.17) is 5.73 Å². The minimum absolute atomic E-state index is 0.0458. The molecule has 4 atom stereocenters. The molecule has 0 aliphatic carbocycles. The van der Waals surface area contributed by atoms with Crippen LogP contribution in [0.2, 0.25) is 0 Å². The number of hydrogen-bond donors (Lipinski definition) is 1. The van der Waals surface area contributed by atoms with Crippen LogP contribution in [0.5, 0.6) is 0 Å². The van der Waals surface area contributed by atoms with Gasteiger partial charge in [0.25, 0.3) is 10.0 Å². The molecule has 0 amide bonds. The molecule has 1 aromatic carbocycles. The van der Waals surface area contributed by atoms with E-state index in [9.17, 15) is 21.6 Å². The lowest BCUT2D eigenvalue weighted by molar-refractivity contribution is 0.0287. The molecule has 31 heavy (non-hydrogen) atoms. The number of hydrogen-bond acceptors (Lipinski definition) is 6. The lowest BCUT2D eigenvalue weighted by Crippen LogP contribution is -2.56. The van der Waals surface area contributed by atoms with E-state index in [2.05, 4.69) is 10.00 Å². The van der Waals surface area contributed by atoms with Crippen LogP contribution in [0, 0.1) is 11.6 Å². The van der Waals surface area contributed by atoms with Gasteiger partial charge in [-0.2, -0.15) is 9.19 Å². The summed E-state index contributed by atoms with van der Waals surface area (Å²) in [6.07, 6.45) is 1.95. The zero-order valence-corrected chi connectivity index (χ0v) is 18.2. The largest absolute Gasteiger partial charge is 0.326 e. The predicted octanol–water partition coefficient (Wildman–Crippen LogP) is 1.79. The minimum Gasteiger partial charge on any atom is -0.326 e. The standard InChI is InChI=1S/C20H26F3N5O2S/c1-12(21)7-27-10-15(6-18(24)20(27)16-5-14(22)3-4-17(16)23)26-8-13-9-28(31(2,29)30)25-19(13)11-26/h3-5,9,12,15,18,20H,6-8,10-11,24H2,1-2H3/t12-,15+,18-,20?/m0/s1. The maximum atomic E-state index is 14.5. The van der Waals surface area contributed by atoms with Gasteiger partial charge in [0, 0.05) is 55.6 Å². The van der Waals surface area contributed by atoms with Gasteiger partial charge in [-0.1, -0.05) is 0 Å². The highest BCUT2D eigenvalue weighted by atomic mass is 32.2. The maximum Gasteiger partial charge on any atom is 0.250 e. The molecule has 11 heteroatoms. The van der Waals surface area contributed by atoms with E-state index in [1.165, 1.54) is 13.1 Å². The van der Waals surface area contributed by atoms with Crippen LogP contribution in [0.15, 0.2) is 24.4 Å². The Bertz CT molecular complexity index is 1050. The van der Waals surface area contributed by atoms with Crippen LogP contribution in [0.25, 0.3) is 0 Å². The SMILES string of the molecule is C[C@H](F)CN1C[C@H](N2Cc3cn(S(C)(=O)=O)nc3C2)C[C@H](N)C1c1cc(F)ccc1F. The summed E-state index contributed by atoms with van der Waals surface area (Å²) in [5.74, 6) is -1.13. The molecule has 0 bridgehead atoms. The number of benzene rings is 1. The number of alkyl halides is 1. The number of halogens is 3. The van der Waals surface area contributed by atoms with Crippen LogP contribution in [0.4, 0.5) is 13.2 Å². The van der Waals surface area contributed by atoms with Crippen molar-refractivity contribution in [2.24, 2.45) is 5.73 Å². The molecular formula is C20H26F3N5O2S. The number of rotatable bonds is 5. The molecule has 2 aliphatic rings. The predicted molar refractivity (Wildman–Crippen MR) is 109 cm³/mol. The normalized spacial score (nSPS) is 26.2. The van der Waals surface area contributed by atoms with Gasteiger partial charge in [-0.05, 0) is 31.5 Å². The molecule has 4 rings (SSSR count). The van der Waals surface area contributed by atoms with Crippen molar-refractivity contribution in [2.45, 2.75) is 50.7 Å². The second kappa shape index (κ2) is 8.19. The lowest BCUT2D eigenvalue weighted by atomic mass is 9.87. The van der Waals surface area contributed by atoms with Crippen molar-refractivity contribution in [3.8, 4) is 0 Å². The van der Waals surface area contributed by atoms with Crippen molar-refractivity contribution >= 4 is 10.0 Å². The van der Waals surface area contributed by atoms with Gasteiger partial charge in [0.05, 0.1) is 18.0 Å². The fourth-order valence-corrected chi connectivity index (χ4v) is 5.26. The molecule has 3 heterocycles. The van der Waals surface area contributed by atoms with Gasteiger partial charge in [0.1, 0.15) is 17.8 Å². The third kappa shape index (κ3) is 4.50. The van der Waals surface area contributed by atoms with Crippen molar-refractivity contribution < 1.29 is 21.6 Å². The number of likely N-dealkylation sites (tertiary alicyclic amines) is 1. The Kier molecular flexibility index (Phi) is 5.88. The van der Waals surface area contributed by atoms with Crippen molar-refractivity contribution in [3.63, 3.8) is 0 Å². The monoisotopic (exact) mass is 457 g/mol. The highest BCUT2D eigenvalue weighted by Crippen LogP contribution is 2.36. The van der Waals surface area contributed by atoms with Crippen LogP contribution >= 0.6 is 0 Å². The van der Waals surface area contributed by atoms with Crippen molar-refractivity contribution in [1.82, 2.24) is 19.0 Å². The molecule has 2 aromatic rings. The molecule has 1 saturated heterocycles. The van der Waals surface area contributed by atoms with Crippen molar-refractivity contribution in [3.05, 3.63) is 52.9 Å². The van der Waals surface area contributed by atoms with Gasteiger partial charge in [-0.15, -0.1) is 0 Å². The van der Waals surface area contributed by atoms with Crippen molar-refractivity contribution in [1.29, 1.82) is 0 Å².